The SMILES string of the molecule is Cc1cccc(NC(=O)C2CCN(Cc3ccccn3)CC2)n1. The van der Waals surface area contributed by atoms with E-state index in [2.05, 4.69) is 20.2 Å². The summed E-state index contributed by atoms with van der Waals surface area (Å²) in [7, 11) is 0. The molecule has 5 nitrogen and oxygen atoms in total. The van der Waals surface area contributed by atoms with Crippen LogP contribution >= 0.6 is 0 Å². The van der Waals surface area contributed by atoms with Crippen LogP contribution < -0.4 is 5.32 Å². The number of hydrogen-bond donors (Lipinski definition) is 1. The number of anilines is 1. The van der Waals surface area contributed by atoms with Gasteiger partial charge in [0.2, 0.25) is 5.91 Å². The van der Waals surface area contributed by atoms with Gasteiger partial charge in [-0.2, -0.15) is 0 Å². The summed E-state index contributed by atoms with van der Waals surface area (Å²) < 4.78 is 0. The molecule has 0 aliphatic carbocycles. The first-order chi connectivity index (χ1) is 11.2. The van der Waals surface area contributed by atoms with Gasteiger partial charge in [-0.05, 0) is 57.1 Å². The first-order valence-corrected chi connectivity index (χ1v) is 8.07. The van der Waals surface area contributed by atoms with E-state index >= 15 is 0 Å². The van der Waals surface area contributed by atoms with Gasteiger partial charge in [-0.1, -0.05) is 12.1 Å². The molecule has 120 valence electrons. The number of aromatic nitrogens is 2. The lowest BCUT2D eigenvalue weighted by Gasteiger charge is -2.30. The van der Waals surface area contributed by atoms with Crippen LogP contribution in [0.1, 0.15) is 24.2 Å². The van der Waals surface area contributed by atoms with E-state index < -0.39 is 0 Å². The molecule has 0 saturated carbocycles. The molecule has 5 heteroatoms. The fourth-order valence-electron chi connectivity index (χ4n) is 2.91. The molecular weight excluding hydrogens is 288 g/mol. The van der Waals surface area contributed by atoms with Crippen molar-refractivity contribution in [1.82, 2.24) is 14.9 Å². The van der Waals surface area contributed by atoms with E-state index in [0.717, 1.165) is 43.9 Å². The second kappa shape index (κ2) is 7.33. The molecule has 3 heterocycles. The van der Waals surface area contributed by atoms with Crippen molar-refractivity contribution in [3.8, 4) is 0 Å². The quantitative estimate of drug-likeness (QED) is 0.943. The first-order valence-electron chi connectivity index (χ1n) is 8.07. The Hall–Kier alpha value is -2.27. The Morgan fingerprint density at radius 1 is 1.22 bits per heavy atom. The summed E-state index contributed by atoms with van der Waals surface area (Å²) in [6.07, 6.45) is 3.58. The molecule has 0 spiro atoms. The third kappa shape index (κ3) is 4.36. The van der Waals surface area contributed by atoms with Crippen molar-refractivity contribution in [2.45, 2.75) is 26.3 Å². The number of rotatable bonds is 4. The van der Waals surface area contributed by atoms with Crippen molar-refractivity contribution >= 4 is 11.7 Å². The molecule has 2 aromatic heterocycles. The Bertz CT molecular complexity index is 651. The molecule has 0 radical (unpaired) electrons. The Labute approximate surface area is 136 Å². The number of pyridine rings is 2. The van der Waals surface area contributed by atoms with Crippen LogP contribution in [-0.4, -0.2) is 33.9 Å². The van der Waals surface area contributed by atoms with Crippen LogP contribution in [0.4, 0.5) is 5.82 Å². The Balaban J connectivity index is 1.49. The van der Waals surface area contributed by atoms with Crippen LogP contribution in [0.15, 0.2) is 42.6 Å². The van der Waals surface area contributed by atoms with Gasteiger partial charge in [0.1, 0.15) is 5.82 Å². The highest BCUT2D eigenvalue weighted by atomic mass is 16.1. The number of nitrogens with one attached hydrogen (secondary N) is 1. The van der Waals surface area contributed by atoms with Gasteiger partial charge in [0.15, 0.2) is 0 Å². The fourth-order valence-corrected chi connectivity index (χ4v) is 2.91. The van der Waals surface area contributed by atoms with Crippen molar-refractivity contribution in [2.24, 2.45) is 5.92 Å². The van der Waals surface area contributed by atoms with E-state index in [4.69, 9.17) is 0 Å². The molecule has 1 aliphatic rings. The zero-order chi connectivity index (χ0) is 16.1. The lowest BCUT2D eigenvalue weighted by molar-refractivity contribution is -0.121. The molecule has 0 unspecified atom stereocenters. The second-order valence-electron chi connectivity index (χ2n) is 6.02. The smallest absolute Gasteiger partial charge is 0.228 e. The normalized spacial score (nSPS) is 16.2. The number of aryl methyl sites for hydroxylation is 1. The molecule has 0 atom stereocenters. The molecule has 3 rings (SSSR count). The Kier molecular flexibility index (Phi) is 4.98. The molecule has 0 aromatic carbocycles. The molecule has 23 heavy (non-hydrogen) atoms. The minimum absolute atomic E-state index is 0.0669. The highest BCUT2D eigenvalue weighted by Gasteiger charge is 2.25. The highest BCUT2D eigenvalue weighted by Crippen LogP contribution is 2.20. The number of amides is 1. The van der Waals surface area contributed by atoms with Crippen LogP contribution in [0.5, 0.6) is 0 Å². The summed E-state index contributed by atoms with van der Waals surface area (Å²) in [5.74, 6) is 0.795. The second-order valence-corrected chi connectivity index (χ2v) is 6.02. The minimum atomic E-state index is 0.0669. The average Bonchev–Trinajstić information content (AvgIpc) is 2.56. The van der Waals surface area contributed by atoms with Crippen molar-refractivity contribution in [2.75, 3.05) is 18.4 Å². The van der Waals surface area contributed by atoms with Gasteiger partial charge in [0, 0.05) is 24.4 Å². The van der Waals surface area contributed by atoms with Gasteiger partial charge in [-0.25, -0.2) is 4.98 Å². The van der Waals surface area contributed by atoms with E-state index in [1.165, 1.54) is 0 Å². The van der Waals surface area contributed by atoms with Gasteiger partial charge in [0.25, 0.3) is 0 Å². The van der Waals surface area contributed by atoms with E-state index in [1.54, 1.807) is 0 Å². The molecule has 1 N–H and O–H groups in total. The summed E-state index contributed by atoms with van der Waals surface area (Å²) in [4.78, 5) is 23.4. The Morgan fingerprint density at radius 3 is 2.74 bits per heavy atom. The van der Waals surface area contributed by atoms with Crippen LogP contribution in [-0.2, 0) is 11.3 Å². The molecule has 1 fully saturated rings. The van der Waals surface area contributed by atoms with E-state index in [0.29, 0.717) is 5.82 Å². The zero-order valence-electron chi connectivity index (χ0n) is 13.4. The van der Waals surface area contributed by atoms with Gasteiger partial charge < -0.3 is 5.32 Å². The summed E-state index contributed by atoms with van der Waals surface area (Å²) >= 11 is 0. The van der Waals surface area contributed by atoms with Gasteiger partial charge in [-0.3, -0.25) is 14.7 Å². The van der Waals surface area contributed by atoms with Crippen molar-refractivity contribution in [3.63, 3.8) is 0 Å². The maximum Gasteiger partial charge on any atom is 0.228 e. The number of carbonyl (C=O) groups is 1. The standard InChI is InChI=1S/C18H22N4O/c1-14-5-4-7-17(20-14)21-18(23)15-8-11-22(12-9-15)13-16-6-2-3-10-19-16/h2-7,10,15H,8-9,11-13H2,1H3,(H,20,21,23). The zero-order valence-corrected chi connectivity index (χ0v) is 13.4. The summed E-state index contributed by atoms with van der Waals surface area (Å²) in [6, 6.07) is 11.7. The van der Waals surface area contributed by atoms with Crippen LogP contribution in [0.25, 0.3) is 0 Å². The summed E-state index contributed by atoms with van der Waals surface area (Å²) in [6.45, 7) is 4.63. The lowest BCUT2D eigenvalue weighted by Crippen LogP contribution is -2.38. The Morgan fingerprint density at radius 2 is 2.04 bits per heavy atom. The van der Waals surface area contributed by atoms with Crippen LogP contribution in [0, 0.1) is 12.8 Å². The highest BCUT2D eigenvalue weighted by molar-refractivity contribution is 5.91. The molecular formula is C18H22N4O. The number of likely N-dealkylation sites (tertiary alicyclic amines) is 1. The summed E-state index contributed by atoms with van der Waals surface area (Å²) in [5.41, 5.74) is 1.99. The van der Waals surface area contributed by atoms with Crippen molar-refractivity contribution in [1.29, 1.82) is 0 Å². The van der Waals surface area contributed by atoms with Crippen LogP contribution in [0.2, 0.25) is 0 Å². The van der Waals surface area contributed by atoms with Crippen LogP contribution in [0.3, 0.4) is 0 Å². The predicted molar refractivity (Wildman–Crippen MR) is 89.8 cm³/mol. The number of nitrogens with zero attached hydrogens (tertiary/aromatic N) is 3. The maximum absolute atomic E-state index is 12.4. The number of hydrogen-bond acceptors (Lipinski definition) is 4. The predicted octanol–water partition coefficient (Wildman–Crippen LogP) is 2.64. The van der Waals surface area contributed by atoms with E-state index in [9.17, 15) is 4.79 Å². The maximum atomic E-state index is 12.4. The third-order valence-corrected chi connectivity index (χ3v) is 4.21. The topological polar surface area (TPSA) is 58.1 Å². The van der Waals surface area contributed by atoms with E-state index in [-0.39, 0.29) is 11.8 Å². The molecule has 1 saturated heterocycles. The lowest BCUT2D eigenvalue weighted by atomic mass is 9.96. The molecule has 2 aromatic rings. The monoisotopic (exact) mass is 310 g/mol. The number of carbonyl (C=O) groups excluding carboxylic acids is 1. The molecule has 0 bridgehead atoms. The summed E-state index contributed by atoms with van der Waals surface area (Å²) in [5, 5.41) is 2.94. The first kappa shape index (κ1) is 15.6. The largest absolute Gasteiger partial charge is 0.310 e. The van der Waals surface area contributed by atoms with Crippen molar-refractivity contribution < 1.29 is 4.79 Å². The van der Waals surface area contributed by atoms with Gasteiger partial charge in [-0.15, -0.1) is 0 Å². The van der Waals surface area contributed by atoms with Gasteiger partial charge >= 0.3 is 0 Å². The molecule has 1 amide bonds. The third-order valence-electron chi connectivity index (χ3n) is 4.21. The minimum Gasteiger partial charge on any atom is -0.310 e. The fraction of sp³-hybridized carbons (Fsp3) is 0.389. The van der Waals surface area contributed by atoms with E-state index in [1.807, 2.05) is 49.5 Å². The average molecular weight is 310 g/mol. The van der Waals surface area contributed by atoms with Crippen molar-refractivity contribution in [3.05, 3.63) is 54.0 Å². The number of piperidine rings is 1. The van der Waals surface area contributed by atoms with Gasteiger partial charge in [0.05, 0.1) is 5.69 Å². The molecule has 1 aliphatic heterocycles.